The first-order valence-corrected chi connectivity index (χ1v) is 5.83. The Kier molecular flexibility index (Phi) is 5.05. The minimum atomic E-state index is -0.0306. The molecule has 0 aliphatic heterocycles. The van der Waals surface area contributed by atoms with E-state index in [1.165, 1.54) is 0 Å². The zero-order valence-electron chi connectivity index (χ0n) is 9.66. The van der Waals surface area contributed by atoms with E-state index in [1.807, 2.05) is 0 Å². The van der Waals surface area contributed by atoms with Gasteiger partial charge in [0.05, 0.1) is 12.2 Å². The van der Waals surface area contributed by atoms with Crippen LogP contribution in [0.1, 0.15) is 46.0 Å². The van der Waals surface area contributed by atoms with E-state index in [9.17, 15) is 4.79 Å². The maximum atomic E-state index is 11.3. The summed E-state index contributed by atoms with van der Waals surface area (Å²) < 4.78 is 5.84. The SMILES string of the molecule is CC[C@@H](C)OC1CCC(C(=O)NN)CC1. The first kappa shape index (κ1) is 12.5. The molecule has 1 rings (SSSR count). The van der Waals surface area contributed by atoms with E-state index in [0.29, 0.717) is 12.2 Å². The van der Waals surface area contributed by atoms with Crippen LogP contribution in [0.3, 0.4) is 0 Å². The minimum Gasteiger partial charge on any atom is -0.375 e. The second-order valence-electron chi connectivity index (χ2n) is 4.34. The van der Waals surface area contributed by atoms with Gasteiger partial charge in [0.15, 0.2) is 0 Å². The molecule has 0 bridgehead atoms. The van der Waals surface area contributed by atoms with Crippen LogP contribution in [0.15, 0.2) is 0 Å². The molecule has 4 nitrogen and oxygen atoms in total. The number of hydrogen-bond acceptors (Lipinski definition) is 3. The average molecular weight is 214 g/mol. The van der Waals surface area contributed by atoms with E-state index in [1.54, 1.807) is 0 Å². The van der Waals surface area contributed by atoms with Crippen molar-refractivity contribution >= 4 is 5.91 Å². The molecule has 0 radical (unpaired) electrons. The number of carbonyl (C=O) groups is 1. The molecule has 0 aromatic carbocycles. The largest absolute Gasteiger partial charge is 0.375 e. The Morgan fingerprint density at radius 3 is 2.53 bits per heavy atom. The number of rotatable bonds is 4. The van der Waals surface area contributed by atoms with Gasteiger partial charge in [-0.15, -0.1) is 0 Å². The lowest BCUT2D eigenvalue weighted by Crippen LogP contribution is -2.38. The molecule has 1 fully saturated rings. The van der Waals surface area contributed by atoms with Gasteiger partial charge in [-0.25, -0.2) is 5.84 Å². The van der Waals surface area contributed by atoms with Crippen molar-refractivity contribution in [3.63, 3.8) is 0 Å². The van der Waals surface area contributed by atoms with Gasteiger partial charge in [-0.2, -0.15) is 0 Å². The molecule has 88 valence electrons. The Bertz CT molecular complexity index is 201. The van der Waals surface area contributed by atoms with Crippen LogP contribution in [0.2, 0.25) is 0 Å². The zero-order chi connectivity index (χ0) is 11.3. The van der Waals surface area contributed by atoms with E-state index < -0.39 is 0 Å². The van der Waals surface area contributed by atoms with Gasteiger partial charge in [0.2, 0.25) is 5.91 Å². The second kappa shape index (κ2) is 6.08. The molecule has 0 aromatic heterocycles. The molecular formula is C11H22N2O2. The molecule has 0 saturated heterocycles. The van der Waals surface area contributed by atoms with Crippen molar-refractivity contribution in [1.82, 2.24) is 5.43 Å². The lowest BCUT2D eigenvalue weighted by atomic mass is 9.87. The molecule has 3 N–H and O–H groups in total. The molecule has 1 aliphatic rings. The van der Waals surface area contributed by atoms with Crippen molar-refractivity contribution in [2.75, 3.05) is 0 Å². The van der Waals surface area contributed by atoms with Crippen LogP contribution in [0.4, 0.5) is 0 Å². The van der Waals surface area contributed by atoms with Crippen molar-refractivity contribution in [2.24, 2.45) is 11.8 Å². The fourth-order valence-electron chi connectivity index (χ4n) is 2.00. The van der Waals surface area contributed by atoms with Crippen molar-refractivity contribution in [2.45, 2.75) is 58.2 Å². The highest BCUT2D eigenvalue weighted by Crippen LogP contribution is 2.27. The number of hydrazine groups is 1. The Labute approximate surface area is 91.5 Å². The van der Waals surface area contributed by atoms with E-state index in [0.717, 1.165) is 32.1 Å². The molecular weight excluding hydrogens is 192 g/mol. The number of hydrogen-bond donors (Lipinski definition) is 2. The maximum absolute atomic E-state index is 11.3. The molecule has 1 atom stereocenters. The molecule has 1 saturated carbocycles. The summed E-state index contributed by atoms with van der Waals surface area (Å²) in [7, 11) is 0. The van der Waals surface area contributed by atoms with E-state index >= 15 is 0 Å². The minimum absolute atomic E-state index is 0.0306. The van der Waals surface area contributed by atoms with Gasteiger partial charge in [0.1, 0.15) is 0 Å². The van der Waals surface area contributed by atoms with Crippen molar-refractivity contribution in [3.8, 4) is 0 Å². The molecule has 0 aromatic rings. The van der Waals surface area contributed by atoms with E-state index in [4.69, 9.17) is 10.6 Å². The van der Waals surface area contributed by atoms with Gasteiger partial charge in [-0.1, -0.05) is 6.92 Å². The highest BCUT2D eigenvalue weighted by atomic mass is 16.5. The van der Waals surface area contributed by atoms with Crippen molar-refractivity contribution in [3.05, 3.63) is 0 Å². The van der Waals surface area contributed by atoms with E-state index in [2.05, 4.69) is 19.3 Å². The fourth-order valence-corrected chi connectivity index (χ4v) is 2.00. The molecule has 15 heavy (non-hydrogen) atoms. The highest BCUT2D eigenvalue weighted by Gasteiger charge is 2.26. The maximum Gasteiger partial charge on any atom is 0.236 e. The molecule has 0 spiro atoms. The van der Waals surface area contributed by atoms with Gasteiger partial charge in [0, 0.05) is 5.92 Å². The average Bonchev–Trinajstić information content (AvgIpc) is 2.29. The summed E-state index contributed by atoms with van der Waals surface area (Å²) in [4.78, 5) is 11.3. The lowest BCUT2D eigenvalue weighted by molar-refractivity contribution is -0.127. The lowest BCUT2D eigenvalue weighted by Gasteiger charge is -2.29. The van der Waals surface area contributed by atoms with Crippen LogP contribution in [-0.2, 0) is 9.53 Å². The standard InChI is InChI=1S/C11H22N2O2/c1-3-8(2)15-10-6-4-9(5-7-10)11(14)13-12/h8-10H,3-7,12H2,1-2H3,(H,13,14)/t8-,9?,10?/m1/s1. The summed E-state index contributed by atoms with van der Waals surface area (Å²) in [5.41, 5.74) is 2.22. The Balaban J connectivity index is 2.26. The van der Waals surface area contributed by atoms with Crippen LogP contribution < -0.4 is 11.3 Å². The Morgan fingerprint density at radius 1 is 1.47 bits per heavy atom. The van der Waals surface area contributed by atoms with Gasteiger partial charge >= 0.3 is 0 Å². The third-order valence-corrected chi connectivity index (χ3v) is 3.19. The summed E-state index contributed by atoms with van der Waals surface area (Å²) >= 11 is 0. The highest BCUT2D eigenvalue weighted by molar-refractivity contribution is 5.77. The van der Waals surface area contributed by atoms with Crippen LogP contribution in [-0.4, -0.2) is 18.1 Å². The summed E-state index contributed by atoms with van der Waals surface area (Å²) in [6.45, 7) is 4.22. The monoisotopic (exact) mass is 214 g/mol. The van der Waals surface area contributed by atoms with Gasteiger partial charge < -0.3 is 4.74 Å². The predicted octanol–water partition coefficient (Wildman–Crippen LogP) is 1.35. The van der Waals surface area contributed by atoms with Gasteiger partial charge in [-0.3, -0.25) is 10.2 Å². The molecule has 0 unspecified atom stereocenters. The smallest absolute Gasteiger partial charge is 0.236 e. The molecule has 4 heteroatoms. The van der Waals surface area contributed by atoms with Crippen LogP contribution in [0, 0.1) is 5.92 Å². The number of nitrogens with two attached hydrogens (primary N) is 1. The molecule has 0 heterocycles. The summed E-state index contributed by atoms with van der Waals surface area (Å²) in [5.74, 6) is 5.17. The first-order valence-electron chi connectivity index (χ1n) is 5.83. The second-order valence-corrected chi connectivity index (χ2v) is 4.34. The number of nitrogens with one attached hydrogen (secondary N) is 1. The summed E-state index contributed by atoms with van der Waals surface area (Å²) in [5, 5.41) is 0. The number of carbonyl (C=O) groups excluding carboxylic acids is 1. The van der Waals surface area contributed by atoms with Crippen LogP contribution >= 0.6 is 0 Å². The van der Waals surface area contributed by atoms with Crippen molar-refractivity contribution < 1.29 is 9.53 Å². The third-order valence-electron chi connectivity index (χ3n) is 3.19. The van der Waals surface area contributed by atoms with Gasteiger partial charge in [0.25, 0.3) is 0 Å². The Morgan fingerprint density at radius 2 is 2.07 bits per heavy atom. The quantitative estimate of drug-likeness (QED) is 0.422. The summed E-state index contributed by atoms with van der Waals surface area (Å²) in [6, 6.07) is 0. The topological polar surface area (TPSA) is 64.3 Å². The number of ether oxygens (including phenoxy) is 1. The Hall–Kier alpha value is -0.610. The molecule has 1 amide bonds. The predicted molar refractivity (Wildman–Crippen MR) is 58.9 cm³/mol. The van der Waals surface area contributed by atoms with Crippen LogP contribution in [0.5, 0.6) is 0 Å². The molecule has 1 aliphatic carbocycles. The third kappa shape index (κ3) is 3.80. The normalized spacial score (nSPS) is 28.5. The first-order chi connectivity index (χ1) is 7.17. The van der Waals surface area contributed by atoms with Gasteiger partial charge in [-0.05, 0) is 39.0 Å². The fraction of sp³-hybridized carbons (Fsp3) is 0.909. The van der Waals surface area contributed by atoms with Crippen molar-refractivity contribution in [1.29, 1.82) is 0 Å². The number of amides is 1. The van der Waals surface area contributed by atoms with Crippen LogP contribution in [0.25, 0.3) is 0 Å². The zero-order valence-corrected chi connectivity index (χ0v) is 9.66. The summed E-state index contributed by atoms with van der Waals surface area (Å²) in [6.07, 6.45) is 5.44. The van der Waals surface area contributed by atoms with E-state index in [-0.39, 0.29) is 11.8 Å².